The van der Waals surface area contributed by atoms with Crippen LogP contribution in [0, 0.1) is 6.92 Å². The van der Waals surface area contributed by atoms with Gasteiger partial charge in [-0.1, -0.05) is 48.0 Å². The molecule has 154 valence electrons. The Morgan fingerprint density at radius 1 is 0.933 bits per heavy atom. The molecule has 0 aromatic heterocycles. The van der Waals surface area contributed by atoms with Crippen molar-refractivity contribution in [1.29, 1.82) is 0 Å². The Hall–Kier alpha value is -3.27. The Morgan fingerprint density at radius 2 is 1.67 bits per heavy atom. The maximum atomic E-state index is 13.6. The molecule has 1 aliphatic heterocycles. The zero-order valence-electron chi connectivity index (χ0n) is 17.9. The Labute approximate surface area is 178 Å². The molecule has 1 heterocycles. The smallest absolute Gasteiger partial charge is 0.258 e. The van der Waals surface area contributed by atoms with E-state index in [4.69, 9.17) is 9.47 Å². The standard InChI is InChI=1S/C26H27NO3/c1-17-10-12-23-22(14-17)21(19-8-6-5-7-9-19)15-18(2)27(23)26(28)20-11-13-24(29-3)25(16-20)30-4/h5-14,16,18,21H,15H2,1-4H3/t18-,21+/m1/s1. The van der Waals surface area contributed by atoms with Crippen molar-refractivity contribution >= 4 is 11.6 Å². The van der Waals surface area contributed by atoms with Crippen LogP contribution in [-0.4, -0.2) is 26.2 Å². The topological polar surface area (TPSA) is 38.8 Å². The molecule has 0 unspecified atom stereocenters. The van der Waals surface area contributed by atoms with Crippen molar-refractivity contribution in [1.82, 2.24) is 0 Å². The quantitative estimate of drug-likeness (QED) is 0.573. The van der Waals surface area contributed by atoms with Crippen molar-refractivity contribution in [2.75, 3.05) is 19.1 Å². The van der Waals surface area contributed by atoms with Gasteiger partial charge in [0.25, 0.3) is 5.91 Å². The first-order chi connectivity index (χ1) is 14.5. The number of carbonyl (C=O) groups is 1. The second-order valence-corrected chi connectivity index (χ2v) is 7.86. The number of hydrogen-bond acceptors (Lipinski definition) is 3. The first kappa shape index (κ1) is 20.0. The van der Waals surface area contributed by atoms with Crippen molar-refractivity contribution in [3.63, 3.8) is 0 Å². The SMILES string of the molecule is COc1ccc(C(=O)N2c3ccc(C)cc3[C@H](c3ccccc3)C[C@H]2C)cc1OC. The van der Waals surface area contributed by atoms with E-state index >= 15 is 0 Å². The Balaban J connectivity index is 1.78. The second kappa shape index (κ2) is 8.23. The molecule has 3 aromatic rings. The molecule has 0 bridgehead atoms. The molecule has 30 heavy (non-hydrogen) atoms. The van der Waals surface area contributed by atoms with Crippen molar-refractivity contribution in [2.45, 2.75) is 32.2 Å². The molecule has 0 aliphatic carbocycles. The van der Waals surface area contributed by atoms with Gasteiger partial charge in [-0.2, -0.15) is 0 Å². The largest absolute Gasteiger partial charge is 0.493 e. The molecule has 2 atom stereocenters. The van der Waals surface area contributed by atoms with Crippen LogP contribution < -0.4 is 14.4 Å². The van der Waals surface area contributed by atoms with Gasteiger partial charge in [0.05, 0.1) is 14.2 Å². The van der Waals surface area contributed by atoms with Crippen LogP contribution in [0.15, 0.2) is 66.7 Å². The average Bonchev–Trinajstić information content (AvgIpc) is 2.78. The molecule has 0 saturated heterocycles. The van der Waals surface area contributed by atoms with E-state index in [-0.39, 0.29) is 17.9 Å². The predicted molar refractivity (Wildman–Crippen MR) is 120 cm³/mol. The number of anilines is 1. The summed E-state index contributed by atoms with van der Waals surface area (Å²) in [6, 6.07) is 22.3. The second-order valence-electron chi connectivity index (χ2n) is 7.86. The van der Waals surface area contributed by atoms with E-state index in [0.29, 0.717) is 17.1 Å². The van der Waals surface area contributed by atoms with E-state index < -0.39 is 0 Å². The molecule has 4 nitrogen and oxygen atoms in total. The molecule has 3 aromatic carbocycles. The number of carbonyl (C=O) groups excluding carboxylic acids is 1. The fraction of sp³-hybridized carbons (Fsp3) is 0.269. The summed E-state index contributed by atoms with van der Waals surface area (Å²) in [5.74, 6) is 1.41. The zero-order valence-corrected chi connectivity index (χ0v) is 17.9. The maximum Gasteiger partial charge on any atom is 0.258 e. The van der Waals surface area contributed by atoms with Crippen LogP contribution in [0.1, 0.15) is 46.3 Å². The zero-order chi connectivity index (χ0) is 21.3. The summed E-state index contributed by atoms with van der Waals surface area (Å²) in [5, 5.41) is 0. The maximum absolute atomic E-state index is 13.6. The number of aryl methyl sites for hydroxylation is 1. The molecular formula is C26H27NO3. The van der Waals surface area contributed by atoms with Crippen molar-refractivity contribution in [3.8, 4) is 11.5 Å². The van der Waals surface area contributed by atoms with E-state index in [2.05, 4.69) is 56.3 Å². The summed E-state index contributed by atoms with van der Waals surface area (Å²) in [6.45, 7) is 4.22. The lowest BCUT2D eigenvalue weighted by Gasteiger charge is -2.40. The van der Waals surface area contributed by atoms with E-state index in [1.165, 1.54) is 16.7 Å². The Bertz CT molecular complexity index is 1060. The summed E-state index contributed by atoms with van der Waals surface area (Å²) < 4.78 is 10.7. The van der Waals surface area contributed by atoms with Gasteiger partial charge in [-0.15, -0.1) is 0 Å². The number of ether oxygens (including phenoxy) is 2. The number of amides is 1. The van der Waals surface area contributed by atoms with Crippen molar-refractivity contribution in [3.05, 3.63) is 89.0 Å². The van der Waals surface area contributed by atoms with Crippen LogP contribution >= 0.6 is 0 Å². The summed E-state index contributed by atoms with van der Waals surface area (Å²) in [4.78, 5) is 15.5. The van der Waals surface area contributed by atoms with Crippen molar-refractivity contribution in [2.24, 2.45) is 0 Å². The van der Waals surface area contributed by atoms with Crippen LogP contribution in [-0.2, 0) is 0 Å². The number of rotatable bonds is 4. The van der Waals surface area contributed by atoms with Crippen LogP contribution in [0.2, 0.25) is 0 Å². The summed E-state index contributed by atoms with van der Waals surface area (Å²) >= 11 is 0. The highest BCUT2D eigenvalue weighted by Crippen LogP contribution is 2.43. The molecule has 0 fully saturated rings. The van der Waals surface area contributed by atoms with E-state index in [0.717, 1.165) is 12.1 Å². The van der Waals surface area contributed by atoms with Gasteiger partial charge in [-0.3, -0.25) is 4.79 Å². The minimum Gasteiger partial charge on any atom is -0.493 e. The van der Waals surface area contributed by atoms with E-state index in [9.17, 15) is 4.79 Å². The third-order valence-corrected chi connectivity index (χ3v) is 5.89. The average molecular weight is 402 g/mol. The lowest BCUT2D eigenvalue weighted by atomic mass is 9.80. The number of methoxy groups -OCH3 is 2. The van der Waals surface area contributed by atoms with Gasteiger partial charge in [0.1, 0.15) is 0 Å². The highest BCUT2D eigenvalue weighted by molar-refractivity contribution is 6.07. The first-order valence-corrected chi connectivity index (χ1v) is 10.2. The molecule has 1 amide bonds. The summed E-state index contributed by atoms with van der Waals surface area (Å²) in [7, 11) is 3.17. The van der Waals surface area contributed by atoms with Gasteiger partial charge in [0, 0.05) is 23.2 Å². The first-order valence-electron chi connectivity index (χ1n) is 10.2. The summed E-state index contributed by atoms with van der Waals surface area (Å²) in [6.07, 6.45) is 0.875. The number of fused-ring (bicyclic) bond motifs is 1. The third kappa shape index (κ3) is 3.54. The van der Waals surface area contributed by atoms with Gasteiger partial charge < -0.3 is 14.4 Å². The molecular weight excluding hydrogens is 374 g/mol. The lowest BCUT2D eigenvalue weighted by Crippen LogP contribution is -2.43. The van der Waals surface area contributed by atoms with Crippen LogP contribution in [0.5, 0.6) is 11.5 Å². The number of hydrogen-bond donors (Lipinski definition) is 0. The molecule has 4 rings (SSSR count). The van der Waals surface area contributed by atoms with E-state index in [1.54, 1.807) is 32.4 Å². The van der Waals surface area contributed by atoms with Gasteiger partial charge >= 0.3 is 0 Å². The molecule has 0 spiro atoms. The Kier molecular flexibility index (Phi) is 5.49. The molecule has 1 aliphatic rings. The van der Waals surface area contributed by atoms with Gasteiger partial charge in [-0.05, 0) is 55.7 Å². The predicted octanol–water partition coefficient (Wildman–Crippen LogP) is 5.58. The van der Waals surface area contributed by atoms with Crippen LogP contribution in [0.3, 0.4) is 0 Å². The fourth-order valence-corrected chi connectivity index (χ4v) is 4.40. The third-order valence-electron chi connectivity index (χ3n) is 5.89. The van der Waals surface area contributed by atoms with Gasteiger partial charge in [0.15, 0.2) is 11.5 Å². The molecule has 0 radical (unpaired) electrons. The number of nitrogens with zero attached hydrogens (tertiary/aromatic N) is 1. The fourth-order valence-electron chi connectivity index (χ4n) is 4.40. The lowest BCUT2D eigenvalue weighted by molar-refractivity contribution is 0.0974. The number of benzene rings is 3. The molecule has 0 saturated carbocycles. The Morgan fingerprint density at radius 3 is 2.37 bits per heavy atom. The van der Waals surface area contributed by atoms with Gasteiger partial charge in [0.2, 0.25) is 0 Å². The summed E-state index contributed by atoms with van der Waals surface area (Å²) in [5.41, 5.74) is 5.25. The molecule has 4 heteroatoms. The normalized spacial score (nSPS) is 17.9. The minimum atomic E-state index is -0.0277. The monoisotopic (exact) mass is 401 g/mol. The van der Waals surface area contributed by atoms with Crippen LogP contribution in [0.4, 0.5) is 5.69 Å². The van der Waals surface area contributed by atoms with Crippen LogP contribution in [0.25, 0.3) is 0 Å². The highest BCUT2D eigenvalue weighted by atomic mass is 16.5. The van der Waals surface area contributed by atoms with Gasteiger partial charge in [-0.25, -0.2) is 0 Å². The van der Waals surface area contributed by atoms with E-state index in [1.807, 2.05) is 11.0 Å². The minimum absolute atomic E-state index is 0.0277. The van der Waals surface area contributed by atoms with Crippen molar-refractivity contribution < 1.29 is 14.3 Å². The highest BCUT2D eigenvalue weighted by Gasteiger charge is 2.35. The molecule has 0 N–H and O–H groups in total.